The van der Waals surface area contributed by atoms with Crippen LogP contribution in [0, 0.1) is 11.8 Å². The summed E-state index contributed by atoms with van der Waals surface area (Å²) < 4.78 is 10.6. The minimum absolute atomic E-state index is 0.216. The van der Waals surface area contributed by atoms with Crippen molar-refractivity contribution in [1.82, 2.24) is 16.2 Å². The Labute approximate surface area is 176 Å². The van der Waals surface area contributed by atoms with Crippen LogP contribution < -0.4 is 25.6 Å². The number of nitrogens with zero attached hydrogens (tertiary/aromatic N) is 1. The molecule has 2 aliphatic rings. The largest absolute Gasteiger partial charge is 0.454 e. The number of hydrogen-bond acceptors (Lipinski definition) is 6. The van der Waals surface area contributed by atoms with Crippen LogP contribution in [0.3, 0.4) is 0 Å². The van der Waals surface area contributed by atoms with Crippen molar-refractivity contribution >= 4 is 28.9 Å². The summed E-state index contributed by atoms with van der Waals surface area (Å²) in [6.07, 6.45) is 3.52. The normalized spacial score (nSPS) is 23.3. The van der Waals surface area contributed by atoms with E-state index < -0.39 is 0 Å². The molecule has 1 aliphatic heterocycles. The topological polar surface area (TPSA) is 93.2 Å². The molecule has 158 valence electrons. The molecule has 29 heavy (non-hydrogen) atoms. The lowest BCUT2D eigenvalue weighted by atomic mass is 9.78. The molecule has 1 amide bonds. The monoisotopic (exact) mass is 420 g/mol. The molecule has 1 fully saturated rings. The summed E-state index contributed by atoms with van der Waals surface area (Å²) in [5, 5.41) is 7.67. The Morgan fingerprint density at radius 1 is 1.24 bits per heavy atom. The molecular formula is C20H28N4O4S. The van der Waals surface area contributed by atoms with Crippen molar-refractivity contribution in [1.29, 1.82) is 0 Å². The highest BCUT2D eigenvalue weighted by Gasteiger charge is 2.27. The minimum Gasteiger partial charge on any atom is -0.454 e. The molecule has 1 aliphatic carbocycles. The molecule has 1 heterocycles. The number of fused-ring (bicyclic) bond motifs is 1. The van der Waals surface area contributed by atoms with Crippen LogP contribution in [0.15, 0.2) is 23.4 Å². The number of nitrogens with one attached hydrogen (secondary N) is 3. The number of oxime groups is 1. The molecule has 3 atom stereocenters. The Bertz CT molecular complexity index is 786. The molecule has 0 aromatic heterocycles. The van der Waals surface area contributed by atoms with Crippen molar-refractivity contribution in [3.63, 3.8) is 0 Å². The van der Waals surface area contributed by atoms with E-state index in [0.717, 1.165) is 12.0 Å². The van der Waals surface area contributed by atoms with Gasteiger partial charge in [-0.3, -0.25) is 15.6 Å². The summed E-state index contributed by atoms with van der Waals surface area (Å²) >= 11 is 5.27. The fraction of sp³-hybridized carbons (Fsp3) is 0.550. The SMILES string of the molecule is C/C(=N/OCC(=O)NNC(=S)N[C@H]1CCC[C@@H](C)[C@H]1C)c1ccc2c(c1)OCO2. The number of hydrazine groups is 1. The second-order valence-corrected chi connectivity index (χ2v) is 7.95. The Balaban J connectivity index is 1.38. The van der Waals surface area contributed by atoms with E-state index in [2.05, 4.69) is 35.2 Å². The zero-order chi connectivity index (χ0) is 20.8. The smallest absolute Gasteiger partial charge is 0.279 e. The molecule has 8 nitrogen and oxygen atoms in total. The van der Waals surface area contributed by atoms with Gasteiger partial charge in [0, 0.05) is 11.6 Å². The summed E-state index contributed by atoms with van der Waals surface area (Å²) in [6, 6.07) is 5.81. The zero-order valence-electron chi connectivity index (χ0n) is 17.0. The number of benzene rings is 1. The second kappa shape index (κ2) is 9.78. The number of hydrogen-bond donors (Lipinski definition) is 3. The molecule has 3 rings (SSSR count). The lowest BCUT2D eigenvalue weighted by Crippen LogP contribution is -2.53. The molecule has 0 spiro atoms. The molecule has 1 saturated carbocycles. The Morgan fingerprint density at radius 2 is 2.03 bits per heavy atom. The number of carbonyl (C=O) groups excluding carboxylic acids is 1. The second-order valence-electron chi connectivity index (χ2n) is 7.54. The van der Waals surface area contributed by atoms with Crippen LogP contribution in [0.2, 0.25) is 0 Å². The molecule has 0 bridgehead atoms. The molecule has 1 aromatic carbocycles. The van der Waals surface area contributed by atoms with E-state index in [1.165, 1.54) is 12.8 Å². The van der Waals surface area contributed by atoms with E-state index in [1.54, 1.807) is 6.92 Å². The first kappa shape index (κ1) is 21.2. The van der Waals surface area contributed by atoms with Gasteiger partial charge in [-0.15, -0.1) is 0 Å². The molecule has 1 aromatic rings. The van der Waals surface area contributed by atoms with Crippen molar-refractivity contribution < 1.29 is 19.1 Å². The number of ether oxygens (including phenoxy) is 2. The number of carbonyl (C=O) groups is 1. The first-order valence-electron chi connectivity index (χ1n) is 9.86. The standard InChI is InChI=1S/C20H28N4O4S/c1-12-5-4-6-16(13(12)2)21-20(29)23-22-19(25)10-28-24-14(3)15-7-8-17-18(9-15)27-11-26-17/h7-9,12-13,16H,4-6,10-11H2,1-3H3,(H,22,25)(H2,21,23,29)/b24-14-/t12-,13-,16+/m1/s1. The maximum Gasteiger partial charge on any atom is 0.279 e. The van der Waals surface area contributed by atoms with Gasteiger partial charge >= 0.3 is 0 Å². The third kappa shape index (κ3) is 5.72. The third-order valence-corrected chi connectivity index (χ3v) is 5.75. The van der Waals surface area contributed by atoms with E-state index in [0.29, 0.717) is 40.2 Å². The zero-order valence-corrected chi connectivity index (χ0v) is 17.8. The van der Waals surface area contributed by atoms with E-state index >= 15 is 0 Å². The first-order valence-corrected chi connectivity index (χ1v) is 10.3. The van der Waals surface area contributed by atoms with Crippen LogP contribution in [0.1, 0.15) is 45.6 Å². The molecule has 0 unspecified atom stereocenters. The third-order valence-electron chi connectivity index (χ3n) is 5.53. The van der Waals surface area contributed by atoms with Crippen LogP contribution in [-0.4, -0.2) is 36.2 Å². The summed E-state index contributed by atoms with van der Waals surface area (Å²) in [6.45, 7) is 6.28. The average molecular weight is 421 g/mol. The number of thiocarbonyl (C=S) groups is 1. The lowest BCUT2D eigenvalue weighted by Gasteiger charge is -2.35. The Hall–Kier alpha value is -2.55. The van der Waals surface area contributed by atoms with Gasteiger partial charge in [-0.2, -0.15) is 0 Å². The summed E-state index contributed by atoms with van der Waals surface area (Å²) in [5.41, 5.74) is 6.70. The van der Waals surface area contributed by atoms with Crippen LogP contribution in [-0.2, 0) is 9.63 Å². The van der Waals surface area contributed by atoms with E-state index in [4.69, 9.17) is 26.5 Å². The van der Waals surface area contributed by atoms with Crippen molar-refractivity contribution in [3.8, 4) is 11.5 Å². The lowest BCUT2D eigenvalue weighted by molar-refractivity contribution is -0.126. The highest BCUT2D eigenvalue weighted by Crippen LogP contribution is 2.32. The van der Waals surface area contributed by atoms with Gasteiger partial charge in [0.2, 0.25) is 6.79 Å². The van der Waals surface area contributed by atoms with E-state index in [9.17, 15) is 4.79 Å². The quantitative estimate of drug-likeness (QED) is 0.383. The van der Waals surface area contributed by atoms with Crippen LogP contribution in [0.25, 0.3) is 0 Å². The summed E-state index contributed by atoms with van der Waals surface area (Å²) in [7, 11) is 0. The van der Waals surface area contributed by atoms with Crippen molar-refractivity contribution in [2.45, 2.75) is 46.1 Å². The van der Waals surface area contributed by atoms with Crippen molar-refractivity contribution in [3.05, 3.63) is 23.8 Å². The molecule has 9 heteroatoms. The van der Waals surface area contributed by atoms with Crippen LogP contribution >= 0.6 is 12.2 Å². The Kier molecular flexibility index (Phi) is 7.13. The fourth-order valence-corrected chi connectivity index (χ4v) is 3.72. The summed E-state index contributed by atoms with van der Waals surface area (Å²) in [4.78, 5) is 17.1. The van der Waals surface area contributed by atoms with E-state index in [-0.39, 0.29) is 19.3 Å². The van der Waals surface area contributed by atoms with Gasteiger partial charge in [0.05, 0.1) is 5.71 Å². The predicted octanol–water partition coefficient (Wildman–Crippen LogP) is 2.48. The molecule has 0 radical (unpaired) electrons. The predicted molar refractivity (Wildman–Crippen MR) is 114 cm³/mol. The Morgan fingerprint density at radius 3 is 2.86 bits per heavy atom. The van der Waals surface area contributed by atoms with Crippen LogP contribution in [0.4, 0.5) is 0 Å². The van der Waals surface area contributed by atoms with Gasteiger partial charge < -0.3 is 19.6 Å². The molecular weight excluding hydrogens is 392 g/mol. The summed E-state index contributed by atoms with van der Waals surface area (Å²) in [5.74, 6) is 2.20. The minimum atomic E-state index is -0.374. The molecule has 0 saturated heterocycles. The molecule has 3 N–H and O–H groups in total. The van der Waals surface area contributed by atoms with Gasteiger partial charge in [-0.05, 0) is 55.6 Å². The van der Waals surface area contributed by atoms with Gasteiger partial charge in [0.1, 0.15) is 0 Å². The fourth-order valence-electron chi connectivity index (χ4n) is 3.51. The first-order chi connectivity index (χ1) is 13.9. The van der Waals surface area contributed by atoms with Gasteiger partial charge in [0.25, 0.3) is 5.91 Å². The van der Waals surface area contributed by atoms with E-state index in [1.807, 2.05) is 18.2 Å². The number of rotatable bonds is 5. The van der Waals surface area contributed by atoms with Crippen LogP contribution in [0.5, 0.6) is 11.5 Å². The highest BCUT2D eigenvalue weighted by atomic mass is 32.1. The van der Waals surface area contributed by atoms with Crippen molar-refractivity contribution in [2.24, 2.45) is 17.0 Å². The maximum atomic E-state index is 11.9. The highest BCUT2D eigenvalue weighted by molar-refractivity contribution is 7.80. The number of amides is 1. The van der Waals surface area contributed by atoms with Gasteiger partial charge in [0.15, 0.2) is 23.2 Å². The average Bonchev–Trinajstić information content (AvgIpc) is 3.17. The van der Waals surface area contributed by atoms with Gasteiger partial charge in [-0.25, -0.2) is 0 Å². The van der Waals surface area contributed by atoms with Crippen molar-refractivity contribution in [2.75, 3.05) is 13.4 Å². The maximum absolute atomic E-state index is 11.9. The van der Waals surface area contributed by atoms with Gasteiger partial charge in [-0.1, -0.05) is 31.8 Å².